The second-order valence-electron chi connectivity index (χ2n) is 2.79. The summed E-state index contributed by atoms with van der Waals surface area (Å²) in [5.41, 5.74) is 0. The summed E-state index contributed by atoms with van der Waals surface area (Å²) in [4.78, 5) is 10.7. The Kier molecular flexibility index (Phi) is 4.18. The molecule has 80 valence electrons. The molecule has 15 heavy (non-hydrogen) atoms. The summed E-state index contributed by atoms with van der Waals surface area (Å²) in [6.45, 7) is 5.24. The van der Waals surface area contributed by atoms with E-state index in [9.17, 15) is 4.79 Å². The molecule has 3 nitrogen and oxygen atoms in total. The molecule has 0 atom stereocenters. The lowest BCUT2D eigenvalue weighted by Crippen LogP contribution is -2.01. The summed E-state index contributed by atoms with van der Waals surface area (Å²) in [7, 11) is 0. The maximum absolute atomic E-state index is 10.7. The van der Waals surface area contributed by atoms with Crippen LogP contribution in [0.2, 0.25) is 5.02 Å². The minimum absolute atomic E-state index is 0.382. The Balaban J connectivity index is 2.78. The summed E-state index contributed by atoms with van der Waals surface area (Å²) >= 11 is 5.90. The molecule has 0 aliphatic carbocycles. The van der Waals surface area contributed by atoms with Gasteiger partial charge in [-0.3, -0.25) is 4.79 Å². The first-order valence-electron chi connectivity index (χ1n) is 4.35. The van der Waals surface area contributed by atoms with Gasteiger partial charge in [-0.25, -0.2) is 0 Å². The van der Waals surface area contributed by atoms with E-state index in [4.69, 9.17) is 21.1 Å². The van der Waals surface area contributed by atoms with Crippen LogP contribution < -0.4 is 9.47 Å². The Morgan fingerprint density at radius 3 is 2.87 bits per heavy atom. The largest absolute Gasteiger partial charge is 0.488 e. The highest BCUT2D eigenvalue weighted by atomic mass is 35.5. The topological polar surface area (TPSA) is 35.5 Å². The van der Waals surface area contributed by atoms with Crippen molar-refractivity contribution in [2.24, 2.45) is 0 Å². The number of benzene rings is 1. The zero-order valence-corrected chi connectivity index (χ0v) is 9.08. The highest BCUT2D eigenvalue weighted by Gasteiger charge is 2.04. The molecule has 0 saturated heterocycles. The quantitative estimate of drug-likeness (QED) is 0.450. The van der Waals surface area contributed by atoms with Crippen molar-refractivity contribution in [1.29, 1.82) is 0 Å². The highest BCUT2D eigenvalue weighted by molar-refractivity contribution is 6.32. The van der Waals surface area contributed by atoms with Crippen LogP contribution in [-0.2, 0) is 4.79 Å². The number of rotatable bonds is 4. The van der Waals surface area contributed by atoms with E-state index in [1.54, 1.807) is 18.2 Å². The Hall–Kier alpha value is -1.48. The standard InChI is InChI=1S/C11H11ClO3/c1-3-6-14-11-5-4-9(7-10(11)12)15-8(2)13/h3-5,7H,1,6H2,2H3. The van der Waals surface area contributed by atoms with Crippen LogP contribution in [0, 0.1) is 0 Å². The molecule has 0 aliphatic rings. The second kappa shape index (κ2) is 5.41. The fourth-order valence-electron chi connectivity index (χ4n) is 0.977. The fraction of sp³-hybridized carbons (Fsp3) is 0.182. The van der Waals surface area contributed by atoms with Gasteiger partial charge in [0.1, 0.15) is 18.1 Å². The van der Waals surface area contributed by atoms with Gasteiger partial charge in [0.2, 0.25) is 0 Å². The van der Waals surface area contributed by atoms with E-state index in [1.165, 1.54) is 13.0 Å². The second-order valence-corrected chi connectivity index (χ2v) is 3.19. The number of ether oxygens (including phenoxy) is 2. The van der Waals surface area contributed by atoms with Gasteiger partial charge in [0, 0.05) is 13.0 Å². The third-order valence-corrected chi connectivity index (χ3v) is 1.82. The maximum atomic E-state index is 10.7. The van der Waals surface area contributed by atoms with Gasteiger partial charge in [0.15, 0.2) is 0 Å². The summed E-state index contributed by atoms with van der Waals surface area (Å²) in [5.74, 6) is 0.553. The zero-order valence-electron chi connectivity index (χ0n) is 8.33. The van der Waals surface area contributed by atoms with Crippen LogP contribution >= 0.6 is 11.6 Å². The van der Waals surface area contributed by atoms with Gasteiger partial charge in [0.05, 0.1) is 5.02 Å². The number of hydrogen-bond donors (Lipinski definition) is 0. The van der Waals surface area contributed by atoms with Gasteiger partial charge in [-0.1, -0.05) is 24.3 Å². The number of esters is 1. The minimum Gasteiger partial charge on any atom is -0.488 e. The van der Waals surface area contributed by atoms with E-state index in [2.05, 4.69) is 6.58 Å². The molecule has 0 N–H and O–H groups in total. The number of carbonyl (C=O) groups is 1. The third-order valence-electron chi connectivity index (χ3n) is 1.52. The number of halogens is 1. The van der Waals surface area contributed by atoms with Crippen LogP contribution in [0.25, 0.3) is 0 Å². The lowest BCUT2D eigenvalue weighted by molar-refractivity contribution is -0.131. The predicted octanol–water partition coefficient (Wildman–Crippen LogP) is 2.83. The van der Waals surface area contributed by atoms with Crippen molar-refractivity contribution < 1.29 is 14.3 Å². The van der Waals surface area contributed by atoms with Crippen molar-refractivity contribution in [2.45, 2.75) is 6.92 Å². The van der Waals surface area contributed by atoms with Crippen LogP contribution in [0.5, 0.6) is 11.5 Å². The van der Waals surface area contributed by atoms with Crippen LogP contribution in [-0.4, -0.2) is 12.6 Å². The average Bonchev–Trinajstić information content (AvgIpc) is 2.15. The van der Waals surface area contributed by atoms with E-state index < -0.39 is 0 Å². The first-order valence-corrected chi connectivity index (χ1v) is 4.73. The first-order chi connectivity index (χ1) is 7.13. The van der Waals surface area contributed by atoms with Crippen molar-refractivity contribution in [3.05, 3.63) is 35.9 Å². The Morgan fingerprint density at radius 1 is 1.60 bits per heavy atom. The van der Waals surface area contributed by atoms with E-state index in [-0.39, 0.29) is 5.97 Å². The molecule has 0 amide bonds. The predicted molar refractivity (Wildman–Crippen MR) is 58.5 cm³/mol. The summed E-state index contributed by atoms with van der Waals surface area (Å²) < 4.78 is 10.1. The van der Waals surface area contributed by atoms with Gasteiger partial charge >= 0.3 is 5.97 Å². The summed E-state index contributed by atoms with van der Waals surface area (Å²) in [5, 5.41) is 0.399. The minimum atomic E-state index is -0.383. The third kappa shape index (κ3) is 3.64. The van der Waals surface area contributed by atoms with E-state index in [0.717, 1.165) is 0 Å². The highest BCUT2D eigenvalue weighted by Crippen LogP contribution is 2.28. The zero-order chi connectivity index (χ0) is 11.3. The van der Waals surface area contributed by atoms with E-state index in [1.807, 2.05) is 0 Å². The molecule has 1 aromatic carbocycles. The monoisotopic (exact) mass is 226 g/mol. The molecule has 0 unspecified atom stereocenters. The maximum Gasteiger partial charge on any atom is 0.308 e. The van der Waals surface area contributed by atoms with Crippen LogP contribution in [0.15, 0.2) is 30.9 Å². The molecule has 1 rings (SSSR count). The van der Waals surface area contributed by atoms with Crippen molar-refractivity contribution >= 4 is 17.6 Å². The van der Waals surface area contributed by atoms with Crippen LogP contribution in [0.4, 0.5) is 0 Å². The van der Waals surface area contributed by atoms with Crippen molar-refractivity contribution in [3.63, 3.8) is 0 Å². The smallest absolute Gasteiger partial charge is 0.308 e. The molecular weight excluding hydrogens is 216 g/mol. The number of carbonyl (C=O) groups excluding carboxylic acids is 1. The fourth-order valence-corrected chi connectivity index (χ4v) is 1.20. The lowest BCUT2D eigenvalue weighted by atomic mass is 10.3. The van der Waals surface area contributed by atoms with Gasteiger partial charge in [-0.15, -0.1) is 0 Å². The first kappa shape index (κ1) is 11.6. The molecule has 0 spiro atoms. The summed E-state index contributed by atoms with van der Waals surface area (Å²) in [6.07, 6.45) is 1.62. The normalized spacial score (nSPS) is 9.47. The molecule has 0 bridgehead atoms. The molecule has 0 aromatic heterocycles. The SMILES string of the molecule is C=CCOc1ccc(OC(C)=O)cc1Cl. The van der Waals surface area contributed by atoms with E-state index >= 15 is 0 Å². The van der Waals surface area contributed by atoms with Crippen LogP contribution in [0.3, 0.4) is 0 Å². The van der Waals surface area contributed by atoms with Crippen molar-refractivity contribution in [1.82, 2.24) is 0 Å². The summed E-state index contributed by atoms with van der Waals surface area (Å²) in [6, 6.07) is 4.79. The molecule has 0 fully saturated rings. The van der Waals surface area contributed by atoms with Gasteiger partial charge in [0.25, 0.3) is 0 Å². The van der Waals surface area contributed by atoms with Crippen molar-refractivity contribution in [2.75, 3.05) is 6.61 Å². The van der Waals surface area contributed by atoms with E-state index in [0.29, 0.717) is 23.1 Å². The van der Waals surface area contributed by atoms with Gasteiger partial charge in [-0.2, -0.15) is 0 Å². The van der Waals surface area contributed by atoms with Gasteiger partial charge < -0.3 is 9.47 Å². The molecule has 0 radical (unpaired) electrons. The van der Waals surface area contributed by atoms with Crippen molar-refractivity contribution in [3.8, 4) is 11.5 Å². The molecule has 0 saturated carbocycles. The van der Waals surface area contributed by atoms with Crippen LogP contribution in [0.1, 0.15) is 6.92 Å². The van der Waals surface area contributed by atoms with Gasteiger partial charge in [-0.05, 0) is 12.1 Å². The molecule has 0 heterocycles. The lowest BCUT2D eigenvalue weighted by Gasteiger charge is -2.07. The molecular formula is C11H11ClO3. The molecule has 0 aliphatic heterocycles. The Bertz CT molecular complexity index is 374. The Morgan fingerprint density at radius 2 is 2.33 bits per heavy atom. The molecule has 1 aromatic rings. The average molecular weight is 227 g/mol. The molecule has 4 heteroatoms. The Labute approximate surface area is 93.3 Å². The number of hydrogen-bond acceptors (Lipinski definition) is 3.